The van der Waals surface area contributed by atoms with Crippen LogP contribution in [-0.2, 0) is 14.6 Å². The van der Waals surface area contributed by atoms with Crippen LogP contribution in [0, 0.1) is 19.8 Å². The van der Waals surface area contributed by atoms with Gasteiger partial charge >= 0.3 is 0 Å². The second kappa shape index (κ2) is 6.32. The summed E-state index contributed by atoms with van der Waals surface area (Å²) in [5, 5.41) is -0.472. The Kier molecular flexibility index (Phi) is 4.32. The van der Waals surface area contributed by atoms with Crippen LogP contribution in [0.4, 0.5) is 0 Å². The van der Waals surface area contributed by atoms with Crippen molar-refractivity contribution in [1.82, 2.24) is 0 Å². The minimum atomic E-state index is -3.42. The summed E-state index contributed by atoms with van der Waals surface area (Å²) in [5.41, 5.74) is 4.13. The van der Waals surface area contributed by atoms with Crippen LogP contribution in [0.25, 0.3) is 0 Å². The van der Waals surface area contributed by atoms with Gasteiger partial charge in [0, 0.05) is 5.92 Å². The van der Waals surface area contributed by atoms with E-state index in [0.29, 0.717) is 11.3 Å². The van der Waals surface area contributed by atoms with Crippen LogP contribution >= 0.6 is 0 Å². The van der Waals surface area contributed by atoms with Crippen LogP contribution in [0.2, 0.25) is 0 Å². The molecule has 3 atom stereocenters. The number of aryl methyl sites for hydroxylation is 2. The molecule has 0 N–H and O–H groups in total. The quantitative estimate of drug-likeness (QED) is 0.706. The molecule has 0 spiro atoms. The van der Waals surface area contributed by atoms with E-state index < -0.39 is 20.7 Å². The molecule has 0 bridgehead atoms. The standard InChI is InChI=1S/C23H26O3S/c1-15-10-11-18(16(2)14-15)22-19-12-13-20(21(19)23(3,4)26-22)27(24,25)17-8-6-5-7-9-17/h5-12,14,20-22H,13H2,1-4H3/t20-,21?,22+/m0/s1. The van der Waals surface area contributed by atoms with Crippen LogP contribution in [0.1, 0.15) is 43.1 Å². The normalized spacial score (nSPS) is 26.7. The first-order valence-electron chi connectivity index (χ1n) is 9.45. The van der Waals surface area contributed by atoms with E-state index in [2.05, 4.69) is 38.1 Å². The molecule has 142 valence electrons. The van der Waals surface area contributed by atoms with Crippen molar-refractivity contribution in [3.63, 3.8) is 0 Å². The van der Waals surface area contributed by atoms with Crippen molar-refractivity contribution in [3.8, 4) is 0 Å². The minimum Gasteiger partial charge on any atom is -0.363 e. The number of allylic oxidation sites excluding steroid dienone is 1. The Morgan fingerprint density at radius 2 is 1.74 bits per heavy atom. The fourth-order valence-electron chi connectivity index (χ4n) is 4.75. The Labute approximate surface area is 162 Å². The predicted octanol–water partition coefficient (Wildman–Crippen LogP) is 4.94. The zero-order valence-corrected chi connectivity index (χ0v) is 17.1. The van der Waals surface area contributed by atoms with Gasteiger partial charge in [-0.25, -0.2) is 8.42 Å². The molecule has 0 amide bonds. The van der Waals surface area contributed by atoms with Crippen molar-refractivity contribution < 1.29 is 13.2 Å². The summed E-state index contributed by atoms with van der Waals surface area (Å²) in [6.45, 7) is 8.22. The molecular formula is C23H26O3S. The van der Waals surface area contributed by atoms with Crippen molar-refractivity contribution in [1.29, 1.82) is 0 Å². The maximum Gasteiger partial charge on any atom is 0.182 e. The van der Waals surface area contributed by atoms with Crippen LogP contribution in [0.15, 0.2) is 65.1 Å². The molecule has 0 aromatic heterocycles. The number of sulfone groups is 1. The van der Waals surface area contributed by atoms with Crippen molar-refractivity contribution >= 4 is 9.84 Å². The number of ether oxygens (including phenoxy) is 1. The number of hydrogen-bond acceptors (Lipinski definition) is 3. The highest BCUT2D eigenvalue weighted by Gasteiger charge is 2.55. The van der Waals surface area contributed by atoms with Gasteiger partial charge in [-0.2, -0.15) is 0 Å². The highest BCUT2D eigenvalue weighted by Crippen LogP contribution is 2.55. The molecule has 0 saturated carbocycles. The van der Waals surface area contributed by atoms with Crippen molar-refractivity contribution in [2.45, 2.75) is 56.0 Å². The molecule has 27 heavy (non-hydrogen) atoms. The molecule has 1 unspecified atom stereocenters. The molecule has 0 radical (unpaired) electrons. The zero-order chi connectivity index (χ0) is 19.4. The third-order valence-corrected chi connectivity index (χ3v) is 8.16. The zero-order valence-electron chi connectivity index (χ0n) is 16.3. The van der Waals surface area contributed by atoms with Crippen LogP contribution in [-0.4, -0.2) is 19.3 Å². The Morgan fingerprint density at radius 1 is 1.04 bits per heavy atom. The fourth-order valence-corrected chi connectivity index (χ4v) is 6.83. The molecule has 4 rings (SSSR count). The topological polar surface area (TPSA) is 43.4 Å². The highest BCUT2D eigenvalue weighted by molar-refractivity contribution is 7.92. The molecule has 3 nitrogen and oxygen atoms in total. The van der Waals surface area contributed by atoms with Crippen LogP contribution in [0.3, 0.4) is 0 Å². The molecule has 1 fully saturated rings. The van der Waals surface area contributed by atoms with Gasteiger partial charge in [-0.3, -0.25) is 0 Å². The molecule has 1 aliphatic heterocycles. The predicted molar refractivity (Wildman–Crippen MR) is 107 cm³/mol. The molecular weight excluding hydrogens is 356 g/mol. The summed E-state index contributed by atoms with van der Waals surface area (Å²) in [6.07, 6.45) is 2.49. The van der Waals surface area contributed by atoms with Gasteiger partial charge < -0.3 is 4.74 Å². The van der Waals surface area contributed by atoms with E-state index in [1.807, 2.05) is 19.9 Å². The molecule has 2 aromatic rings. The van der Waals surface area contributed by atoms with E-state index in [1.165, 1.54) is 11.1 Å². The molecule has 1 saturated heterocycles. The van der Waals surface area contributed by atoms with Crippen LogP contribution in [0.5, 0.6) is 0 Å². The second-order valence-corrected chi connectivity index (χ2v) is 10.4. The molecule has 2 aromatic carbocycles. The van der Waals surface area contributed by atoms with E-state index in [-0.39, 0.29) is 12.0 Å². The molecule has 1 aliphatic carbocycles. The summed E-state index contributed by atoms with van der Waals surface area (Å²) in [5.74, 6) is -0.131. The van der Waals surface area contributed by atoms with Crippen molar-refractivity contribution in [2.75, 3.05) is 0 Å². The summed E-state index contributed by atoms with van der Waals surface area (Å²) in [6, 6.07) is 15.2. The lowest BCUT2D eigenvalue weighted by atomic mass is 9.85. The van der Waals surface area contributed by atoms with E-state index >= 15 is 0 Å². The lowest BCUT2D eigenvalue weighted by Gasteiger charge is -2.30. The molecule has 4 heteroatoms. The van der Waals surface area contributed by atoms with E-state index in [9.17, 15) is 8.42 Å². The number of hydrogen-bond donors (Lipinski definition) is 0. The van der Waals surface area contributed by atoms with Gasteiger partial charge in [0.05, 0.1) is 15.7 Å². The van der Waals surface area contributed by atoms with Gasteiger partial charge in [0.15, 0.2) is 9.84 Å². The Balaban J connectivity index is 1.74. The first-order chi connectivity index (χ1) is 12.7. The van der Waals surface area contributed by atoms with E-state index in [4.69, 9.17) is 4.74 Å². The first-order valence-corrected chi connectivity index (χ1v) is 11.0. The number of fused-ring (bicyclic) bond motifs is 1. The van der Waals surface area contributed by atoms with Crippen molar-refractivity contribution in [3.05, 3.63) is 76.9 Å². The summed E-state index contributed by atoms with van der Waals surface area (Å²) in [7, 11) is -3.42. The summed E-state index contributed by atoms with van der Waals surface area (Å²) >= 11 is 0. The van der Waals surface area contributed by atoms with Gasteiger partial charge in [0.1, 0.15) is 6.10 Å². The second-order valence-electron chi connectivity index (χ2n) is 8.28. The molecule has 2 aliphatic rings. The average Bonchev–Trinajstić information content (AvgIpc) is 3.17. The maximum atomic E-state index is 13.3. The fraction of sp³-hybridized carbons (Fsp3) is 0.391. The third-order valence-electron chi connectivity index (χ3n) is 5.97. The largest absolute Gasteiger partial charge is 0.363 e. The van der Waals surface area contributed by atoms with Crippen LogP contribution < -0.4 is 0 Å². The first kappa shape index (κ1) is 18.5. The van der Waals surface area contributed by atoms with Gasteiger partial charge in [0.25, 0.3) is 0 Å². The average molecular weight is 383 g/mol. The summed E-state index contributed by atoms with van der Waals surface area (Å²) < 4.78 is 33.1. The number of rotatable bonds is 3. The minimum absolute atomic E-state index is 0.131. The lowest BCUT2D eigenvalue weighted by Crippen LogP contribution is -2.38. The van der Waals surface area contributed by atoms with Crippen molar-refractivity contribution in [2.24, 2.45) is 5.92 Å². The van der Waals surface area contributed by atoms with Gasteiger partial charge in [-0.05, 0) is 62.9 Å². The Hall–Kier alpha value is -1.91. The SMILES string of the molecule is Cc1ccc([C@H]2OC(C)(C)C3C2=CC[C@@H]3S(=O)(=O)c2ccccc2)c(C)c1. The van der Waals surface area contributed by atoms with E-state index in [1.54, 1.807) is 24.3 Å². The van der Waals surface area contributed by atoms with Gasteiger partial charge in [-0.15, -0.1) is 0 Å². The molecule has 1 heterocycles. The third kappa shape index (κ3) is 2.95. The highest BCUT2D eigenvalue weighted by atomic mass is 32.2. The maximum absolute atomic E-state index is 13.3. The monoisotopic (exact) mass is 382 g/mol. The summed E-state index contributed by atoms with van der Waals surface area (Å²) in [4.78, 5) is 0.399. The Morgan fingerprint density at radius 3 is 2.41 bits per heavy atom. The number of benzene rings is 2. The lowest BCUT2D eigenvalue weighted by molar-refractivity contribution is -0.0325. The Bertz CT molecular complexity index is 1000. The van der Waals surface area contributed by atoms with Gasteiger partial charge in [-0.1, -0.05) is 48.0 Å². The van der Waals surface area contributed by atoms with E-state index in [0.717, 1.165) is 11.1 Å². The van der Waals surface area contributed by atoms with Gasteiger partial charge in [0.2, 0.25) is 0 Å². The smallest absolute Gasteiger partial charge is 0.182 e.